The normalized spacial score (nSPS) is 10.8. The van der Waals surface area contributed by atoms with E-state index in [2.05, 4.69) is 38.2 Å². The maximum Gasteiger partial charge on any atom is 0.213 e. The lowest BCUT2D eigenvalue weighted by Crippen LogP contribution is -2.09. The molecule has 2 aromatic rings. The third-order valence-corrected chi connectivity index (χ3v) is 2.54. The van der Waals surface area contributed by atoms with Crippen LogP contribution in [0.5, 0.6) is 0 Å². The van der Waals surface area contributed by atoms with E-state index in [-0.39, 0.29) is 0 Å². The van der Waals surface area contributed by atoms with Crippen LogP contribution in [0, 0.1) is 13.8 Å². The highest BCUT2D eigenvalue weighted by atomic mass is 27.0. The van der Waals surface area contributed by atoms with Gasteiger partial charge in [-0.2, -0.15) is 0 Å². The van der Waals surface area contributed by atoms with Gasteiger partial charge in [0.1, 0.15) is 6.33 Å². The summed E-state index contributed by atoms with van der Waals surface area (Å²) in [7, 11) is 0. The number of nitrogens with zero attached hydrogens (tertiary/aromatic N) is 2. The molecule has 4 heteroatoms. The molecule has 0 saturated carbocycles. The van der Waals surface area contributed by atoms with Crippen molar-refractivity contribution >= 4 is 31.9 Å². The summed E-state index contributed by atoms with van der Waals surface area (Å²) in [6.45, 7) is 4.10. The Morgan fingerprint density at radius 3 is 2.75 bits per heavy atom. The number of hydrogen-bond donors (Lipinski definition) is 1. The Morgan fingerprint density at radius 1 is 1.33 bits per heavy atom. The first-order valence-electron chi connectivity index (χ1n) is 3.75. The van der Waals surface area contributed by atoms with Gasteiger partial charge in [-0.3, -0.25) is 4.98 Å². The number of H-pyrrole nitrogens is 1. The van der Waals surface area contributed by atoms with Crippen molar-refractivity contribution in [1.82, 2.24) is 15.0 Å². The number of aromatic amines is 1. The summed E-state index contributed by atoms with van der Waals surface area (Å²) in [6.07, 6.45) is 1.59. The van der Waals surface area contributed by atoms with Gasteiger partial charge in [-0.1, -0.05) is 0 Å². The predicted octanol–water partition coefficient (Wildman–Crippen LogP) is 0.369. The molecule has 58 valence electrons. The molecule has 0 atom stereocenters. The Morgan fingerprint density at radius 2 is 2.08 bits per heavy atom. The van der Waals surface area contributed by atoms with Crippen molar-refractivity contribution in [2.75, 3.05) is 0 Å². The molecule has 0 amide bonds. The third-order valence-electron chi connectivity index (χ3n) is 2.11. The Hall–Kier alpha value is -0.848. The van der Waals surface area contributed by atoms with Crippen LogP contribution in [0.2, 0.25) is 0 Å². The zero-order valence-corrected chi connectivity index (χ0v) is 8.20. The van der Waals surface area contributed by atoms with Crippen LogP contribution in [0.1, 0.15) is 11.3 Å². The lowest BCUT2D eigenvalue weighted by Gasteiger charge is -1.93. The summed E-state index contributed by atoms with van der Waals surface area (Å²) >= 11 is 2.60. The van der Waals surface area contributed by atoms with E-state index in [4.69, 9.17) is 0 Å². The molecule has 0 fully saturated rings. The second kappa shape index (κ2) is 2.58. The number of rotatable bonds is 0. The Kier molecular flexibility index (Phi) is 1.67. The molecule has 1 N–H and O–H groups in total. The van der Waals surface area contributed by atoms with Gasteiger partial charge >= 0.3 is 0 Å². The summed E-state index contributed by atoms with van der Waals surface area (Å²) in [4.78, 5) is 11.5. The summed E-state index contributed by atoms with van der Waals surface area (Å²) < 4.78 is 0.927. The van der Waals surface area contributed by atoms with Gasteiger partial charge in [0.05, 0.1) is 11.0 Å². The van der Waals surface area contributed by atoms with Crippen LogP contribution in [-0.2, 0) is 0 Å². The molecule has 0 unspecified atom stereocenters. The van der Waals surface area contributed by atoms with Crippen molar-refractivity contribution in [1.29, 1.82) is 0 Å². The lowest BCUT2D eigenvalue weighted by atomic mass is 10.2. The number of fused-ring (bicyclic) bond motifs is 1. The van der Waals surface area contributed by atoms with E-state index in [0.717, 1.165) is 21.3 Å². The maximum absolute atomic E-state index is 4.21. The minimum Gasteiger partial charge on any atom is -0.357 e. The molecule has 2 aromatic heterocycles. The van der Waals surface area contributed by atoms with Crippen molar-refractivity contribution in [3.05, 3.63) is 17.6 Å². The van der Waals surface area contributed by atoms with Crippen LogP contribution in [0.15, 0.2) is 6.33 Å². The molecule has 3 nitrogen and oxygen atoms in total. The van der Waals surface area contributed by atoms with Crippen molar-refractivity contribution in [2.45, 2.75) is 13.8 Å². The molecule has 0 aliphatic carbocycles. The van der Waals surface area contributed by atoms with Gasteiger partial charge < -0.3 is 4.98 Å². The summed E-state index contributed by atoms with van der Waals surface area (Å²) in [5.41, 5.74) is 4.41. The number of aryl methyl sites for hydroxylation is 2. The second-order valence-electron chi connectivity index (χ2n) is 2.86. The van der Waals surface area contributed by atoms with Crippen LogP contribution in [0.25, 0.3) is 11.0 Å². The van der Waals surface area contributed by atoms with Gasteiger partial charge in [-0.15, -0.1) is 0 Å². The molecule has 0 aromatic carbocycles. The summed E-state index contributed by atoms with van der Waals surface area (Å²) in [5.74, 6) is 0. The van der Waals surface area contributed by atoms with Crippen molar-refractivity contribution in [3.63, 3.8) is 0 Å². The molecule has 12 heavy (non-hydrogen) atoms. The minimum absolute atomic E-state index is 0.927. The average Bonchev–Trinajstić information content (AvgIpc) is 2.32. The number of nitrogens with one attached hydrogen (secondary N) is 1. The molecule has 2 radical (unpaired) electrons. The zero-order chi connectivity index (χ0) is 8.72. The standard InChI is InChI=1S/C8H8N3.Al/c1-5-6(2)11-7-3-9-4-10-8(5)7;/h4,11H,1-2H3;. The van der Waals surface area contributed by atoms with Crippen LogP contribution in [0.3, 0.4) is 0 Å². The van der Waals surface area contributed by atoms with Crippen LogP contribution >= 0.6 is 0 Å². The molecule has 0 bridgehead atoms. The number of aromatic nitrogens is 3. The number of hydrogen-bond acceptors (Lipinski definition) is 2. The monoisotopic (exact) mass is 173 g/mol. The SMILES string of the molecule is Cc1[nH]c2[c]([Al])ncnc2c1C. The fraction of sp³-hybridized carbons (Fsp3) is 0.250. The van der Waals surface area contributed by atoms with Gasteiger partial charge in [0.15, 0.2) is 0 Å². The lowest BCUT2D eigenvalue weighted by molar-refractivity contribution is 1.24. The van der Waals surface area contributed by atoms with Gasteiger partial charge in [-0.05, 0) is 24.0 Å². The summed E-state index contributed by atoms with van der Waals surface area (Å²) in [5, 5.41) is 0. The van der Waals surface area contributed by atoms with E-state index in [1.165, 1.54) is 5.56 Å². The highest BCUT2D eigenvalue weighted by molar-refractivity contribution is 6.36. The topological polar surface area (TPSA) is 41.6 Å². The minimum atomic E-state index is 0.927. The Labute approximate surface area is 78.7 Å². The highest BCUT2D eigenvalue weighted by Gasteiger charge is 2.05. The van der Waals surface area contributed by atoms with E-state index in [0.29, 0.717) is 0 Å². The van der Waals surface area contributed by atoms with Crippen LogP contribution in [0.4, 0.5) is 0 Å². The largest absolute Gasteiger partial charge is 0.357 e. The Balaban J connectivity index is 2.95. The van der Waals surface area contributed by atoms with Crippen molar-refractivity contribution in [2.24, 2.45) is 0 Å². The molecule has 2 rings (SSSR count). The molecule has 0 saturated heterocycles. The molecule has 0 aliphatic heterocycles. The third kappa shape index (κ3) is 0.962. The van der Waals surface area contributed by atoms with Crippen LogP contribution < -0.4 is 4.56 Å². The fourth-order valence-electron chi connectivity index (χ4n) is 1.27. The molecular formula is C8H8AlN3. The molecule has 0 spiro atoms. The quantitative estimate of drug-likeness (QED) is 0.585. The average molecular weight is 173 g/mol. The maximum atomic E-state index is 4.21. The Bertz CT molecular complexity index is 433. The fourth-order valence-corrected chi connectivity index (χ4v) is 1.54. The zero-order valence-electron chi connectivity index (χ0n) is 7.05. The molecule has 0 aliphatic rings. The summed E-state index contributed by atoms with van der Waals surface area (Å²) in [6, 6.07) is 0. The smallest absolute Gasteiger partial charge is 0.213 e. The van der Waals surface area contributed by atoms with Crippen molar-refractivity contribution in [3.8, 4) is 0 Å². The van der Waals surface area contributed by atoms with Gasteiger partial charge in [0, 0.05) is 5.69 Å². The van der Waals surface area contributed by atoms with E-state index in [1.54, 1.807) is 6.33 Å². The van der Waals surface area contributed by atoms with E-state index in [9.17, 15) is 0 Å². The van der Waals surface area contributed by atoms with Crippen LogP contribution in [-0.4, -0.2) is 31.2 Å². The van der Waals surface area contributed by atoms with Crippen molar-refractivity contribution < 1.29 is 0 Å². The molecule has 2 heterocycles. The first-order chi connectivity index (χ1) is 5.70. The second-order valence-corrected chi connectivity index (χ2v) is 3.40. The van der Waals surface area contributed by atoms with E-state index >= 15 is 0 Å². The van der Waals surface area contributed by atoms with Gasteiger partial charge in [-0.25, -0.2) is 4.98 Å². The first-order valence-corrected chi connectivity index (χ1v) is 4.33. The molecular weight excluding hydrogens is 165 g/mol. The van der Waals surface area contributed by atoms with E-state index < -0.39 is 0 Å². The predicted molar refractivity (Wildman–Crippen MR) is 48.8 cm³/mol. The highest BCUT2D eigenvalue weighted by Crippen LogP contribution is 2.15. The van der Waals surface area contributed by atoms with Gasteiger partial charge in [0.25, 0.3) is 0 Å². The first kappa shape index (κ1) is 7.78. The van der Waals surface area contributed by atoms with E-state index in [1.807, 2.05) is 6.92 Å². The van der Waals surface area contributed by atoms with Gasteiger partial charge in [0.2, 0.25) is 16.3 Å².